The molecule has 3 rings (SSSR count). The lowest BCUT2D eigenvalue weighted by atomic mass is 10.1. The van der Waals surface area contributed by atoms with Crippen LogP contribution in [0.4, 0.5) is 8.78 Å². The molecule has 0 bridgehead atoms. The van der Waals surface area contributed by atoms with E-state index in [9.17, 15) is 8.78 Å². The molecular weight excluding hydrogens is 258 g/mol. The van der Waals surface area contributed by atoms with Gasteiger partial charge in [0.1, 0.15) is 11.6 Å². The van der Waals surface area contributed by atoms with Crippen molar-refractivity contribution < 1.29 is 8.78 Å². The predicted octanol–water partition coefficient (Wildman–Crippen LogP) is 4.09. The maximum Gasteiger partial charge on any atom is 0.131 e. The minimum atomic E-state index is -0.477. The maximum atomic E-state index is 13.7. The van der Waals surface area contributed by atoms with Crippen LogP contribution in [0.25, 0.3) is 22.5 Å². The standard InChI is InChI=1S/C16H10F2N2/c17-12-5-6-14(18)13(9-12)11-4-7-16(20-10-11)15-3-1-2-8-19-15/h1-10H. The Balaban J connectivity index is 2.00. The van der Waals surface area contributed by atoms with Gasteiger partial charge in [-0.1, -0.05) is 12.1 Å². The van der Waals surface area contributed by atoms with Crippen molar-refractivity contribution in [2.45, 2.75) is 0 Å². The van der Waals surface area contributed by atoms with Crippen molar-refractivity contribution in [3.8, 4) is 22.5 Å². The molecule has 98 valence electrons. The summed E-state index contributed by atoms with van der Waals surface area (Å²) in [5, 5.41) is 0. The van der Waals surface area contributed by atoms with Crippen LogP contribution < -0.4 is 0 Å². The third-order valence-corrected chi connectivity index (χ3v) is 2.93. The summed E-state index contributed by atoms with van der Waals surface area (Å²) in [6.07, 6.45) is 3.19. The third kappa shape index (κ3) is 2.40. The zero-order chi connectivity index (χ0) is 13.9. The lowest BCUT2D eigenvalue weighted by Crippen LogP contribution is -1.90. The Kier molecular flexibility index (Phi) is 3.21. The van der Waals surface area contributed by atoms with Gasteiger partial charge < -0.3 is 0 Å². The van der Waals surface area contributed by atoms with Gasteiger partial charge in [-0.25, -0.2) is 8.78 Å². The van der Waals surface area contributed by atoms with E-state index in [0.717, 1.165) is 23.9 Å². The van der Waals surface area contributed by atoms with Crippen LogP contribution >= 0.6 is 0 Å². The predicted molar refractivity (Wildman–Crippen MR) is 72.8 cm³/mol. The highest BCUT2D eigenvalue weighted by atomic mass is 19.1. The average molecular weight is 268 g/mol. The molecular formula is C16H10F2N2. The van der Waals surface area contributed by atoms with Crippen LogP contribution in [0.1, 0.15) is 0 Å². The number of halogens is 2. The van der Waals surface area contributed by atoms with Crippen molar-refractivity contribution in [3.05, 3.63) is 72.6 Å². The van der Waals surface area contributed by atoms with Gasteiger partial charge in [0.2, 0.25) is 0 Å². The van der Waals surface area contributed by atoms with Gasteiger partial charge in [0.15, 0.2) is 0 Å². The summed E-state index contributed by atoms with van der Waals surface area (Å²) in [7, 11) is 0. The second kappa shape index (κ2) is 5.17. The summed E-state index contributed by atoms with van der Waals surface area (Å²) in [6.45, 7) is 0. The highest BCUT2D eigenvalue weighted by molar-refractivity contribution is 5.66. The normalized spacial score (nSPS) is 10.5. The molecule has 0 aliphatic carbocycles. The Morgan fingerprint density at radius 3 is 2.35 bits per heavy atom. The molecule has 0 fully saturated rings. The second-order valence-electron chi connectivity index (χ2n) is 4.27. The van der Waals surface area contributed by atoms with E-state index in [0.29, 0.717) is 11.3 Å². The van der Waals surface area contributed by atoms with E-state index in [1.807, 2.05) is 18.2 Å². The molecule has 0 unspecified atom stereocenters. The number of hydrogen-bond acceptors (Lipinski definition) is 2. The molecule has 2 nitrogen and oxygen atoms in total. The van der Waals surface area contributed by atoms with Crippen molar-refractivity contribution >= 4 is 0 Å². The number of rotatable bonds is 2. The first-order valence-corrected chi connectivity index (χ1v) is 6.07. The molecule has 0 N–H and O–H groups in total. The van der Waals surface area contributed by atoms with Gasteiger partial charge in [-0.2, -0.15) is 0 Å². The quantitative estimate of drug-likeness (QED) is 0.699. The van der Waals surface area contributed by atoms with Gasteiger partial charge in [-0.05, 0) is 36.4 Å². The highest BCUT2D eigenvalue weighted by Gasteiger charge is 2.08. The summed E-state index contributed by atoms with van der Waals surface area (Å²) in [5.74, 6) is -0.950. The van der Waals surface area contributed by atoms with Gasteiger partial charge in [-0.15, -0.1) is 0 Å². The zero-order valence-corrected chi connectivity index (χ0v) is 10.4. The number of nitrogens with zero attached hydrogens (tertiary/aromatic N) is 2. The zero-order valence-electron chi connectivity index (χ0n) is 10.4. The van der Waals surface area contributed by atoms with Crippen LogP contribution in [0.5, 0.6) is 0 Å². The molecule has 0 spiro atoms. The van der Waals surface area contributed by atoms with E-state index < -0.39 is 11.6 Å². The summed E-state index contributed by atoms with van der Waals surface area (Å²) in [4.78, 5) is 8.43. The Hall–Kier alpha value is -2.62. The Morgan fingerprint density at radius 1 is 0.800 bits per heavy atom. The first-order chi connectivity index (χ1) is 9.74. The molecule has 0 amide bonds. The maximum absolute atomic E-state index is 13.7. The largest absolute Gasteiger partial charge is 0.255 e. The van der Waals surface area contributed by atoms with Gasteiger partial charge in [-0.3, -0.25) is 9.97 Å². The van der Waals surface area contributed by atoms with Crippen molar-refractivity contribution in [1.29, 1.82) is 0 Å². The van der Waals surface area contributed by atoms with Crippen LogP contribution in [0.2, 0.25) is 0 Å². The average Bonchev–Trinajstić information content (AvgIpc) is 2.51. The minimum absolute atomic E-state index is 0.199. The summed E-state index contributed by atoms with van der Waals surface area (Å²) in [5.41, 5.74) is 2.15. The fourth-order valence-electron chi connectivity index (χ4n) is 1.94. The summed E-state index contributed by atoms with van der Waals surface area (Å²) < 4.78 is 26.9. The van der Waals surface area contributed by atoms with Crippen molar-refractivity contribution in [1.82, 2.24) is 9.97 Å². The molecule has 2 aromatic heterocycles. The number of pyridine rings is 2. The van der Waals surface area contributed by atoms with Crippen molar-refractivity contribution in [2.75, 3.05) is 0 Å². The number of aromatic nitrogens is 2. The number of hydrogen-bond donors (Lipinski definition) is 0. The van der Waals surface area contributed by atoms with Crippen LogP contribution in [-0.4, -0.2) is 9.97 Å². The van der Waals surface area contributed by atoms with Gasteiger partial charge in [0, 0.05) is 23.5 Å². The molecule has 0 aliphatic heterocycles. The summed E-state index contributed by atoms with van der Waals surface area (Å²) >= 11 is 0. The molecule has 0 radical (unpaired) electrons. The molecule has 0 saturated heterocycles. The van der Waals surface area contributed by atoms with E-state index >= 15 is 0 Å². The van der Waals surface area contributed by atoms with E-state index in [1.54, 1.807) is 18.3 Å². The van der Waals surface area contributed by atoms with Crippen LogP contribution in [0.3, 0.4) is 0 Å². The monoisotopic (exact) mass is 268 g/mol. The van der Waals surface area contributed by atoms with Crippen LogP contribution in [-0.2, 0) is 0 Å². The van der Waals surface area contributed by atoms with Gasteiger partial charge in [0.25, 0.3) is 0 Å². The Morgan fingerprint density at radius 2 is 1.65 bits per heavy atom. The van der Waals surface area contributed by atoms with Gasteiger partial charge >= 0.3 is 0 Å². The lowest BCUT2D eigenvalue weighted by molar-refractivity contribution is 0.603. The molecule has 20 heavy (non-hydrogen) atoms. The smallest absolute Gasteiger partial charge is 0.131 e. The van der Waals surface area contributed by atoms with Crippen molar-refractivity contribution in [3.63, 3.8) is 0 Å². The molecule has 3 aromatic rings. The number of benzene rings is 1. The fraction of sp³-hybridized carbons (Fsp3) is 0. The van der Waals surface area contributed by atoms with Crippen LogP contribution in [0, 0.1) is 11.6 Å². The fourth-order valence-corrected chi connectivity index (χ4v) is 1.94. The second-order valence-corrected chi connectivity index (χ2v) is 4.27. The SMILES string of the molecule is Fc1ccc(F)c(-c2ccc(-c3ccccn3)nc2)c1. The lowest BCUT2D eigenvalue weighted by Gasteiger charge is -2.05. The molecule has 0 saturated carbocycles. The Labute approximate surface area is 114 Å². The summed E-state index contributed by atoms with van der Waals surface area (Å²) in [6, 6.07) is 12.3. The molecule has 4 heteroatoms. The molecule has 2 heterocycles. The highest BCUT2D eigenvalue weighted by Crippen LogP contribution is 2.24. The first kappa shape index (κ1) is 12.4. The third-order valence-electron chi connectivity index (χ3n) is 2.93. The van der Waals surface area contributed by atoms with Gasteiger partial charge in [0.05, 0.1) is 11.4 Å². The van der Waals surface area contributed by atoms with E-state index in [4.69, 9.17) is 0 Å². The first-order valence-electron chi connectivity index (χ1n) is 6.07. The van der Waals surface area contributed by atoms with E-state index in [-0.39, 0.29) is 5.56 Å². The van der Waals surface area contributed by atoms with Crippen LogP contribution in [0.15, 0.2) is 60.9 Å². The molecule has 0 atom stereocenters. The molecule has 0 aliphatic rings. The topological polar surface area (TPSA) is 25.8 Å². The van der Waals surface area contributed by atoms with E-state index in [2.05, 4.69) is 9.97 Å². The van der Waals surface area contributed by atoms with Crippen molar-refractivity contribution in [2.24, 2.45) is 0 Å². The Bertz CT molecular complexity index is 725. The minimum Gasteiger partial charge on any atom is -0.255 e. The molecule has 1 aromatic carbocycles. The van der Waals surface area contributed by atoms with E-state index in [1.165, 1.54) is 6.20 Å².